The second-order valence-electron chi connectivity index (χ2n) is 3.59. The molecule has 3 aromatic rings. The average molecular weight is 215 g/mol. The number of aromatic nitrogens is 3. The van der Waals surface area contributed by atoms with E-state index in [1.165, 1.54) is 0 Å². The number of nitrogens with zero attached hydrogens (tertiary/aromatic N) is 2. The SMILES string of the molecule is Cn1cc(-c2n[nH]c(=O)o2)c2ccccc21. The van der Waals surface area contributed by atoms with E-state index in [0.29, 0.717) is 5.89 Å². The number of benzene rings is 1. The maximum absolute atomic E-state index is 10.9. The number of rotatable bonds is 1. The molecule has 5 heteroatoms. The van der Waals surface area contributed by atoms with Gasteiger partial charge in [0, 0.05) is 24.1 Å². The van der Waals surface area contributed by atoms with E-state index in [4.69, 9.17) is 4.42 Å². The van der Waals surface area contributed by atoms with E-state index in [2.05, 4.69) is 10.2 Å². The van der Waals surface area contributed by atoms with Crippen molar-refractivity contribution >= 4 is 10.9 Å². The highest BCUT2D eigenvalue weighted by molar-refractivity contribution is 5.93. The predicted octanol–water partition coefficient (Wildman–Crippen LogP) is 1.52. The van der Waals surface area contributed by atoms with E-state index < -0.39 is 5.76 Å². The van der Waals surface area contributed by atoms with Gasteiger partial charge in [0.15, 0.2) is 0 Å². The lowest BCUT2D eigenvalue weighted by Gasteiger charge is -1.92. The minimum Gasteiger partial charge on any atom is -0.388 e. The van der Waals surface area contributed by atoms with E-state index in [1.807, 2.05) is 42.1 Å². The standard InChI is InChI=1S/C11H9N3O2/c1-14-6-8(10-12-13-11(15)16-10)7-4-2-3-5-9(7)14/h2-6H,1H3,(H,13,15). The molecule has 0 aliphatic carbocycles. The van der Waals surface area contributed by atoms with Gasteiger partial charge in [0.2, 0.25) is 0 Å². The summed E-state index contributed by atoms with van der Waals surface area (Å²) in [6.07, 6.45) is 1.89. The molecule has 0 radical (unpaired) electrons. The number of hydrogen-bond acceptors (Lipinski definition) is 3. The molecule has 0 amide bonds. The van der Waals surface area contributed by atoms with Crippen LogP contribution in [-0.2, 0) is 7.05 Å². The van der Waals surface area contributed by atoms with E-state index in [9.17, 15) is 4.79 Å². The summed E-state index contributed by atoms with van der Waals surface area (Å²) in [4.78, 5) is 10.9. The van der Waals surface area contributed by atoms with Crippen molar-refractivity contribution in [1.29, 1.82) is 0 Å². The van der Waals surface area contributed by atoms with Gasteiger partial charge < -0.3 is 8.98 Å². The van der Waals surface area contributed by atoms with Crippen molar-refractivity contribution in [2.45, 2.75) is 0 Å². The van der Waals surface area contributed by atoms with Crippen LogP contribution in [0.3, 0.4) is 0 Å². The molecule has 3 rings (SSSR count). The summed E-state index contributed by atoms with van der Waals surface area (Å²) in [5.41, 5.74) is 1.89. The van der Waals surface area contributed by atoms with Crippen LogP contribution in [0.25, 0.3) is 22.4 Å². The van der Waals surface area contributed by atoms with Gasteiger partial charge in [-0.3, -0.25) is 0 Å². The first-order chi connectivity index (χ1) is 7.75. The normalized spacial score (nSPS) is 11.1. The molecule has 1 aromatic carbocycles. The van der Waals surface area contributed by atoms with Gasteiger partial charge in [-0.15, -0.1) is 5.10 Å². The molecular weight excluding hydrogens is 206 g/mol. The lowest BCUT2D eigenvalue weighted by molar-refractivity contribution is 0.527. The second-order valence-corrected chi connectivity index (χ2v) is 3.59. The van der Waals surface area contributed by atoms with Gasteiger partial charge >= 0.3 is 5.76 Å². The minimum atomic E-state index is -0.539. The molecule has 0 fully saturated rings. The van der Waals surface area contributed by atoms with E-state index >= 15 is 0 Å². The monoisotopic (exact) mass is 215 g/mol. The average Bonchev–Trinajstić information content (AvgIpc) is 2.84. The zero-order valence-corrected chi connectivity index (χ0v) is 8.60. The summed E-state index contributed by atoms with van der Waals surface area (Å²) >= 11 is 0. The Morgan fingerprint density at radius 2 is 2.19 bits per heavy atom. The number of para-hydroxylation sites is 1. The van der Waals surface area contributed by atoms with Crippen LogP contribution in [0.5, 0.6) is 0 Å². The molecule has 16 heavy (non-hydrogen) atoms. The van der Waals surface area contributed by atoms with Crippen molar-refractivity contribution in [1.82, 2.24) is 14.8 Å². The maximum atomic E-state index is 10.9. The minimum absolute atomic E-state index is 0.321. The highest BCUT2D eigenvalue weighted by Gasteiger charge is 2.12. The molecular formula is C11H9N3O2. The molecule has 2 aromatic heterocycles. The molecule has 0 saturated carbocycles. The zero-order chi connectivity index (χ0) is 11.1. The summed E-state index contributed by atoms with van der Waals surface area (Å²) in [7, 11) is 1.94. The summed E-state index contributed by atoms with van der Waals surface area (Å²) in [6, 6.07) is 7.88. The molecule has 0 aliphatic heterocycles. The largest absolute Gasteiger partial charge is 0.434 e. The van der Waals surface area contributed by atoms with Crippen LogP contribution >= 0.6 is 0 Å². The van der Waals surface area contributed by atoms with Gasteiger partial charge in [-0.2, -0.15) is 0 Å². The van der Waals surface area contributed by atoms with Crippen LogP contribution in [0.15, 0.2) is 39.7 Å². The molecule has 0 saturated heterocycles. The molecule has 80 valence electrons. The summed E-state index contributed by atoms with van der Waals surface area (Å²) in [5.74, 6) is -0.218. The van der Waals surface area contributed by atoms with Crippen molar-refractivity contribution in [2.75, 3.05) is 0 Å². The molecule has 5 nitrogen and oxygen atoms in total. The number of aryl methyl sites for hydroxylation is 1. The van der Waals surface area contributed by atoms with Crippen LogP contribution < -0.4 is 5.76 Å². The van der Waals surface area contributed by atoms with Crippen molar-refractivity contribution in [3.05, 3.63) is 41.0 Å². The molecule has 0 unspecified atom stereocenters. The molecule has 0 aliphatic rings. The Hall–Kier alpha value is -2.30. The molecule has 0 spiro atoms. The Labute approximate surface area is 90.3 Å². The Bertz CT molecular complexity index is 705. The van der Waals surface area contributed by atoms with Crippen molar-refractivity contribution in [2.24, 2.45) is 7.05 Å². The Balaban J connectivity index is 2.36. The van der Waals surface area contributed by atoms with Crippen molar-refractivity contribution in [3.63, 3.8) is 0 Å². The number of hydrogen-bond donors (Lipinski definition) is 1. The fourth-order valence-electron chi connectivity index (χ4n) is 1.86. The van der Waals surface area contributed by atoms with E-state index in [-0.39, 0.29) is 0 Å². The third kappa shape index (κ3) is 1.18. The van der Waals surface area contributed by atoms with Gasteiger partial charge in [-0.1, -0.05) is 18.2 Å². The predicted molar refractivity (Wildman–Crippen MR) is 59.0 cm³/mol. The molecule has 0 bridgehead atoms. The molecule has 1 N–H and O–H groups in total. The molecule has 0 atom stereocenters. The lowest BCUT2D eigenvalue weighted by Crippen LogP contribution is -1.93. The third-order valence-corrected chi connectivity index (χ3v) is 2.57. The van der Waals surface area contributed by atoms with Crippen LogP contribution in [0.4, 0.5) is 0 Å². The van der Waals surface area contributed by atoms with Gasteiger partial charge in [0.1, 0.15) is 0 Å². The third-order valence-electron chi connectivity index (χ3n) is 2.57. The van der Waals surface area contributed by atoms with Crippen LogP contribution in [0.2, 0.25) is 0 Å². The van der Waals surface area contributed by atoms with Crippen molar-refractivity contribution < 1.29 is 4.42 Å². The second kappa shape index (κ2) is 3.10. The Morgan fingerprint density at radius 1 is 1.38 bits per heavy atom. The summed E-state index contributed by atoms with van der Waals surface area (Å²) < 4.78 is 6.93. The number of H-pyrrole nitrogens is 1. The first-order valence-corrected chi connectivity index (χ1v) is 4.85. The van der Waals surface area contributed by atoms with E-state index in [1.54, 1.807) is 0 Å². The Morgan fingerprint density at radius 3 is 2.94 bits per heavy atom. The maximum Gasteiger partial charge on any atom is 0.434 e. The van der Waals surface area contributed by atoms with Gasteiger partial charge in [-0.05, 0) is 6.07 Å². The molecule has 2 heterocycles. The smallest absolute Gasteiger partial charge is 0.388 e. The van der Waals surface area contributed by atoms with Gasteiger partial charge in [-0.25, -0.2) is 9.89 Å². The van der Waals surface area contributed by atoms with Gasteiger partial charge in [0.25, 0.3) is 5.89 Å². The van der Waals surface area contributed by atoms with Crippen LogP contribution in [-0.4, -0.2) is 14.8 Å². The first-order valence-electron chi connectivity index (χ1n) is 4.85. The highest BCUT2D eigenvalue weighted by Crippen LogP contribution is 2.27. The fraction of sp³-hybridized carbons (Fsp3) is 0.0909. The van der Waals surface area contributed by atoms with Gasteiger partial charge in [0.05, 0.1) is 5.56 Å². The lowest BCUT2D eigenvalue weighted by atomic mass is 10.2. The highest BCUT2D eigenvalue weighted by atomic mass is 16.4. The summed E-state index contributed by atoms with van der Waals surface area (Å²) in [6.45, 7) is 0. The zero-order valence-electron chi connectivity index (χ0n) is 8.60. The van der Waals surface area contributed by atoms with Crippen LogP contribution in [0.1, 0.15) is 0 Å². The summed E-state index contributed by atoms with van der Waals surface area (Å²) in [5, 5.41) is 7.11. The van der Waals surface area contributed by atoms with Crippen LogP contribution in [0, 0.1) is 0 Å². The Kier molecular flexibility index (Phi) is 1.73. The quantitative estimate of drug-likeness (QED) is 0.669. The number of fused-ring (bicyclic) bond motifs is 1. The first kappa shape index (κ1) is 8.96. The topological polar surface area (TPSA) is 63.8 Å². The van der Waals surface area contributed by atoms with Crippen molar-refractivity contribution in [3.8, 4) is 11.5 Å². The fourth-order valence-corrected chi connectivity index (χ4v) is 1.86. The van der Waals surface area contributed by atoms with E-state index in [0.717, 1.165) is 16.5 Å². The number of nitrogens with one attached hydrogen (secondary N) is 1. The number of aromatic amines is 1.